The number of rotatable bonds is 32. The zero-order chi connectivity index (χ0) is 40.0. The molecular weight excluding hydrogens is 691 g/mol. The van der Waals surface area contributed by atoms with Crippen LogP contribution in [0.3, 0.4) is 0 Å². The molecule has 0 unspecified atom stereocenters. The number of hydrogen-bond donors (Lipinski definition) is 1. The third-order valence-corrected chi connectivity index (χ3v) is 9.56. The van der Waals surface area contributed by atoms with Crippen LogP contribution in [-0.4, -0.2) is 116 Å². The van der Waals surface area contributed by atoms with Crippen LogP contribution < -0.4 is 18.9 Å². The van der Waals surface area contributed by atoms with Crippen molar-refractivity contribution in [1.82, 2.24) is 19.6 Å². The molecule has 0 bridgehead atoms. The Bertz CT molecular complexity index is 967. The first-order chi connectivity index (χ1) is 25.5. The maximum Gasteiger partial charge on any atom is 1.00 e. The summed E-state index contributed by atoms with van der Waals surface area (Å²) in [6.07, 6.45) is 35.3. The van der Waals surface area contributed by atoms with Gasteiger partial charge in [0.15, 0.2) is 0 Å². The van der Waals surface area contributed by atoms with Gasteiger partial charge >= 0.3 is 42.9 Å². The molecule has 0 spiro atoms. The first kappa shape index (κ1) is 59.2. The Morgan fingerprint density at radius 2 is 0.764 bits per heavy atom. The molecule has 2 N–H and O–H groups in total. The minimum absolute atomic E-state index is 0. The van der Waals surface area contributed by atoms with Gasteiger partial charge in [-0.05, 0) is 90.9 Å². The number of allylic oxidation sites excluding steroid dienone is 4. The number of carbonyl (C=O) groups is 4. The van der Waals surface area contributed by atoms with E-state index >= 15 is 0 Å². The number of hydrogen-bond acceptors (Lipinski definition) is 6. The second-order valence-electron chi connectivity index (χ2n) is 14.4. The number of carboxylic acid groups (broad SMARTS) is 1. The van der Waals surface area contributed by atoms with Crippen LogP contribution in [0.15, 0.2) is 24.3 Å². The van der Waals surface area contributed by atoms with E-state index in [1.54, 1.807) is 14.7 Å². The minimum atomic E-state index is -0.679. The topological polar surface area (TPSA) is 141 Å². The van der Waals surface area contributed by atoms with Crippen LogP contribution in [0, 0.1) is 0 Å². The number of ether oxygens (including phenoxy) is 1. The molecular formula is C43H83LiN4O7. The van der Waals surface area contributed by atoms with E-state index in [1.807, 2.05) is 46.9 Å². The van der Waals surface area contributed by atoms with Crippen LogP contribution in [0.25, 0.3) is 0 Å². The van der Waals surface area contributed by atoms with Crippen molar-refractivity contribution in [2.45, 2.75) is 168 Å². The standard InChI is InChI=1S/C22H42N2O3.C21H40N2O3.Li.H2O/c1-5-23(2)22(26)24(3)20-18-16-14-12-10-8-6-7-9-11-13-15-17-19-21(25)27-4;1-4-22(2)21(26)23(3)19-17-15-13-11-9-7-5-6-8-10-12-14-16-18-20(24)25;;/h10,12H,5-9,11,13-20H2,1-4H3;9,11H,4-8,10,12-19H2,1-3H3,(H,24,25);;1H2/q;;+1;/p-1/b12-10-;11-9-;;. The quantitative estimate of drug-likeness (QED) is 0.0322. The summed E-state index contributed by atoms with van der Waals surface area (Å²) in [7, 11) is 8.87. The Kier molecular flexibility index (Phi) is 47.6. The van der Waals surface area contributed by atoms with Crippen molar-refractivity contribution in [2.75, 3.05) is 61.5 Å². The number of amides is 4. The second-order valence-corrected chi connectivity index (χ2v) is 14.4. The molecule has 0 heterocycles. The summed E-state index contributed by atoms with van der Waals surface area (Å²) >= 11 is 0. The zero-order valence-corrected chi connectivity index (χ0v) is 36.8. The predicted molar refractivity (Wildman–Crippen MR) is 223 cm³/mol. The van der Waals surface area contributed by atoms with Crippen LogP contribution in [0.5, 0.6) is 0 Å². The third kappa shape index (κ3) is 41.0. The van der Waals surface area contributed by atoms with Gasteiger partial charge < -0.3 is 34.9 Å². The van der Waals surface area contributed by atoms with E-state index in [-0.39, 0.29) is 42.4 Å². The van der Waals surface area contributed by atoms with Gasteiger partial charge in [0.25, 0.3) is 0 Å². The van der Waals surface area contributed by atoms with E-state index in [0.29, 0.717) is 12.8 Å². The van der Waals surface area contributed by atoms with Gasteiger partial charge in [0.2, 0.25) is 0 Å². The van der Waals surface area contributed by atoms with E-state index in [4.69, 9.17) is 5.11 Å². The average Bonchev–Trinajstić information content (AvgIpc) is 3.16. The van der Waals surface area contributed by atoms with Crippen molar-refractivity contribution >= 4 is 24.0 Å². The fraction of sp³-hybridized carbons (Fsp3) is 0.814. The van der Waals surface area contributed by atoms with E-state index in [9.17, 15) is 19.2 Å². The van der Waals surface area contributed by atoms with Crippen LogP contribution in [0.1, 0.15) is 168 Å². The second kappa shape index (κ2) is 44.2. The SMILES string of the molecule is CCN(C)C(=O)N(C)CCCC/C=C\CCCCCCCCCC(=O)O.CCN(C)C(=O)N(C)CCCC/C=C\CCCCCCCCCC(=O)OC.[Li+].[OH-]. The van der Waals surface area contributed by atoms with Crippen molar-refractivity contribution in [2.24, 2.45) is 0 Å². The summed E-state index contributed by atoms with van der Waals surface area (Å²) in [5, 5.41) is 8.56. The molecule has 0 fully saturated rings. The molecule has 318 valence electrons. The normalized spacial score (nSPS) is 10.6. The molecule has 0 aromatic heterocycles. The summed E-state index contributed by atoms with van der Waals surface area (Å²) in [4.78, 5) is 52.2. The molecule has 0 aliphatic heterocycles. The van der Waals surface area contributed by atoms with Gasteiger partial charge in [0.05, 0.1) is 7.11 Å². The third-order valence-electron chi connectivity index (χ3n) is 9.56. The Morgan fingerprint density at radius 3 is 1.07 bits per heavy atom. The van der Waals surface area contributed by atoms with E-state index in [0.717, 1.165) is 103 Å². The first-order valence-corrected chi connectivity index (χ1v) is 21.0. The molecule has 4 amide bonds. The van der Waals surface area contributed by atoms with Gasteiger partial charge in [-0.1, -0.05) is 88.5 Å². The fourth-order valence-corrected chi connectivity index (χ4v) is 5.68. The number of esters is 1. The monoisotopic (exact) mass is 775 g/mol. The summed E-state index contributed by atoms with van der Waals surface area (Å²) in [5.74, 6) is -0.771. The van der Waals surface area contributed by atoms with Gasteiger partial charge in [-0.3, -0.25) is 9.59 Å². The molecule has 12 heteroatoms. The minimum Gasteiger partial charge on any atom is -0.870 e. The molecule has 11 nitrogen and oxygen atoms in total. The molecule has 0 aromatic rings. The molecule has 0 radical (unpaired) electrons. The first-order valence-electron chi connectivity index (χ1n) is 21.0. The molecule has 0 aliphatic rings. The summed E-state index contributed by atoms with van der Waals surface area (Å²) < 4.78 is 4.63. The molecule has 0 saturated carbocycles. The molecule has 0 aromatic carbocycles. The molecule has 0 saturated heterocycles. The number of nitrogens with zero attached hydrogens (tertiary/aromatic N) is 4. The number of carbonyl (C=O) groups excluding carboxylic acids is 3. The van der Waals surface area contributed by atoms with E-state index in [2.05, 4.69) is 29.0 Å². The van der Waals surface area contributed by atoms with Crippen molar-refractivity contribution in [3.05, 3.63) is 24.3 Å². The largest absolute Gasteiger partial charge is 1.00 e. The Morgan fingerprint density at radius 1 is 0.473 bits per heavy atom. The number of urea groups is 2. The molecule has 0 atom stereocenters. The number of carboxylic acids is 1. The Labute approximate surface area is 349 Å². The van der Waals surface area contributed by atoms with Crippen molar-refractivity contribution in [3.63, 3.8) is 0 Å². The van der Waals surface area contributed by atoms with Gasteiger partial charge in [-0.15, -0.1) is 0 Å². The van der Waals surface area contributed by atoms with Crippen molar-refractivity contribution < 1.29 is 53.4 Å². The van der Waals surface area contributed by atoms with E-state index in [1.165, 1.54) is 71.3 Å². The molecule has 0 rings (SSSR count). The number of unbranched alkanes of at least 4 members (excludes halogenated alkanes) is 18. The van der Waals surface area contributed by atoms with Crippen LogP contribution in [0.4, 0.5) is 9.59 Å². The maximum absolute atomic E-state index is 11.9. The van der Waals surface area contributed by atoms with Gasteiger partial charge in [-0.25, -0.2) is 9.59 Å². The molecule has 0 aliphatic carbocycles. The fourth-order valence-electron chi connectivity index (χ4n) is 5.68. The number of aliphatic carboxylic acids is 1. The molecule has 55 heavy (non-hydrogen) atoms. The van der Waals surface area contributed by atoms with Crippen molar-refractivity contribution in [3.8, 4) is 0 Å². The zero-order valence-electron chi connectivity index (χ0n) is 36.8. The van der Waals surface area contributed by atoms with E-state index < -0.39 is 5.97 Å². The van der Waals surface area contributed by atoms with Crippen LogP contribution >= 0.6 is 0 Å². The van der Waals surface area contributed by atoms with Gasteiger partial charge in [-0.2, -0.15) is 0 Å². The van der Waals surface area contributed by atoms with Crippen LogP contribution in [-0.2, 0) is 14.3 Å². The summed E-state index contributed by atoms with van der Waals surface area (Å²) in [6.45, 7) is 7.13. The van der Waals surface area contributed by atoms with Crippen molar-refractivity contribution in [1.29, 1.82) is 0 Å². The Hall–Kier alpha value is -2.48. The number of methoxy groups -OCH3 is 1. The summed E-state index contributed by atoms with van der Waals surface area (Å²) in [5.41, 5.74) is 0. The van der Waals surface area contributed by atoms with Gasteiger partial charge in [0, 0.05) is 67.2 Å². The smallest absolute Gasteiger partial charge is 0.870 e. The maximum atomic E-state index is 11.9. The van der Waals surface area contributed by atoms with Crippen LogP contribution in [0.2, 0.25) is 0 Å². The average molecular weight is 775 g/mol. The van der Waals surface area contributed by atoms with Gasteiger partial charge in [0.1, 0.15) is 0 Å². The summed E-state index contributed by atoms with van der Waals surface area (Å²) in [6, 6.07) is 0.210. The predicted octanol–water partition coefficient (Wildman–Crippen LogP) is 7.54. The Balaban J connectivity index is -0.000000457.